The zero-order chi connectivity index (χ0) is 22.0. The molecule has 31 heavy (non-hydrogen) atoms. The second-order valence-electron chi connectivity index (χ2n) is 7.66. The number of benzene rings is 2. The predicted octanol–water partition coefficient (Wildman–Crippen LogP) is 3.44. The van der Waals surface area contributed by atoms with Crippen LogP contribution < -0.4 is 5.69 Å². The summed E-state index contributed by atoms with van der Waals surface area (Å²) in [6.07, 6.45) is 1.27. The van der Waals surface area contributed by atoms with Crippen molar-refractivity contribution in [2.75, 3.05) is 13.1 Å². The third kappa shape index (κ3) is 4.53. The third-order valence-corrected chi connectivity index (χ3v) is 8.15. The molecule has 2 heterocycles. The summed E-state index contributed by atoms with van der Waals surface area (Å²) in [6, 6.07) is 16.5. The molecule has 2 aromatic carbocycles. The van der Waals surface area contributed by atoms with E-state index in [4.69, 9.17) is 0 Å². The molecule has 1 aromatic heterocycles. The van der Waals surface area contributed by atoms with Gasteiger partial charge in [-0.15, -0.1) is 0 Å². The predicted molar refractivity (Wildman–Crippen MR) is 123 cm³/mol. The SMILES string of the molecule is CCn1c(C2CCN(S(=O)(=O)c3ccc(Br)cc3)CC2)nn(Cc2ccccc2)c1=O. The van der Waals surface area contributed by atoms with Crippen molar-refractivity contribution in [1.29, 1.82) is 0 Å². The van der Waals surface area contributed by atoms with E-state index < -0.39 is 10.0 Å². The highest BCUT2D eigenvalue weighted by molar-refractivity contribution is 9.10. The standard InChI is InChI=1S/C22H25BrN4O3S/c1-2-26-21(24-27(22(26)28)16-17-6-4-3-5-7-17)18-12-14-25(15-13-18)31(29,30)20-10-8-19(23)9-11-20/h3-11,18H,2,12-16H2,1H3. The Kier molecular flexibility index (Phi) is 6.45. The van der Waals surface area contributed by atoms with E-state index in [2.05, 4.69) is 21.0 Å². The molecule has 164 valence electrons. The summed E-state index contributed by atoms with van der Waals surface area (Å²) in [5.41, 5.74) is 0.901. The van der Waals surface area contributed by atoms with Gasteiger partial charge >= 0.3 is 5.69 Å². The van der Waals surface area contributed by atoms with Gasteiger partial charge in [0.1, 0.15) is 5.82 Å². The monoisotopic (exact) mass is 504 g/mol. The molecule has 0 saturated carbocycles. The number of halogens is 1. The van der Waals surface area contributed by atoms with Crippen molar-refractivity contribution in [2.45, 2.75) is 43.7 Å². The van der Waals surface area contributed by atoms with Crippen molar-refractivity contribution in [3.8, 4) is 0 Å². The Morgan fingerprint density at radius 1 is 1.03 bits per heavy atom. The van der Waals surface area contributed by atoms with E-state index in [0.717, 1.165) is 15.9 Å². The van der Waals surface area contributed by atoms with Crippen molar-refractivity contribution in [1.82, 2.24) is 18.7 Å². The average Bonchev–Trinajstić information content (AvgIpc) is 3.10. The lowest BCUT2D eigenvalue weighted by molar-refractivity contribution is 0.308. The lowest BCUT2D eigenvalue weighted by Gasteiger charge is -2.30. The number of aromatic nitrogens is 3. The quantitative estimate of drug-likeness (QED) is 0.515. The molecule has 0 spiro atoms. The summed E-state index contributed by atoms with van der Waals surface area (Å²) in [4.78, 5) is 13.2. The minimum atomic E-state index is -3.53. The van der Waals surface area contributed by atoms with Gasteiger partial charge < -0.3 is 0 Å². The second kappa shape index (κ2) is 9.10. The molecule has 0 aliphatic carbocycles. The number of hydrogen-bond acceptors (Lipinski definition) is 4. The fourth-order valence-corrected chi connectivity index (χ4v) is 5.76. The number of rotatable bonds is 6. The third-order valence-electron chi connectivity index (χ3n) is 5.71. The first-order valence-electron chi connectivity index (χ1n) is 10.4. The van der Waals surface area contributed by atoms with Gasteiger partial charge in [-0.1, -0.05) is 46.3 Å². The van der Waals surface area contributed by atoms with Gasteiger partial charge in [0, 0.05) is 30.0 Å². The first kappa shape index (κ1) is 22.0. The molecule has 0 atom stereocenters. The molecule has 1 saturated heterocycles. The number of sulfonamides is 1. The minimum Gasteiger partial charge on any atom is -0.279 e. The van der Waals surface area contributed by atoms with E-state index in [-0.39, 0.29) is 11.6 Å². The summed E-state index contributed by atoms with van der Waals surface area (Å²) < 4.78 is 31.5. The Morgan fingerprint density at radius 2 is 1.68 bits per heavy atom. The number of piperidine rings is 1. The first-order valence-corrected chi connectivity index (χ1v) is 12.6. The van der Waals surface area contributed by atoms with Gasteiger partial charge in [0.25, 0.3) is 0 Å². The van der Waals surface area contributed by atoms with E-state index in [1.165, 1.54) is 8.99 Å². The van der Waals surface area contributed by atoms with Crippen LogP contribution in [-0.4, -0.2) is 40.2 Å². The highest BCUT2D eigenvalue weighted by Crippen LogP contribution is 2.30. The van der Waals surface area contributed by atoms with Gasteiger partial charge in [0.15, 0.2) is 0 Å². The molecule has 1 fully saturated rings. The van der Waals surface area contributed by atoms with E-state index in [1.54, 1.807) is 28.8 Å². The van der Waals surface area contributed by atoms with Crippen LogP contribution in [0.2, 0.25) is 0 Å². The van der Waals surface area contributed by atoms with Gasteiger partial charge in [-0.3, -0.25) is 4.57 Å². The lowest BCUT2D eigenvalue weighted by atomic mass is 9.97. The van der Waals surface area contributed by atoms with Crippen molar-refractivity contribution in [2.24, 2.45) is 0 Å². The average molecular weight is 505 g/mol. The van der Waals surface area contributed by atoms with Crippen molar-refractivity contribution < 1.29 is 8.42 Å². The highest BCUT2D eigenvalue weighted by Gasteiger charge is 2.32. The number of nitrogens with zero attached hydrogens (tertiary/aromatic N) is 4. The maximum absolute atomic E-state index is 13.0. The summed E-state index contributed by atoms with van der Waals surface area (Å²) in [5.74, 6) is 0.810. The summed E-state index contributed by atoms with van der Waals surface area (Å²) >= 11 is 3.34. The fourth-order valence-electron chi connectivity index (χ4n) is 4.03. The smallest absolute Gasteiger partial charge is 0.279 e. The molecule has 7 nitrogen and oxygen atoms in total. The van der Waals surface area contributed by atoms with Crippen LogP contribution in [0.1, 0.15) is 37.1 Å². The van der Waals surface area contributed by atoms with E-state index >= 15 is 0 Å². The Morgan fingerprint density at radius 3 is 2.29 bits per heavy atom. The zero-order valence-electron chi connectivity index (χ0n) is 17.3. The molecule has 3 aromatic rings. The summed E-state index contributed by atoms with van der Waals surface area (Å²) in [6.45, 7) is 3.72. The van der Waals surface area contributed by atoms with Crippen LogP contribution in [0.15, 0.2) is 68.8 Å². The number of hydrogen-bond donors (Lipinski definition) is 0. The zero-order valence-corrected chi connectivity index (χ0v) is 19.7. The van der Waals surface area contributed by atoms with Crippen LogP contribution in [0.25, 0.3) is 0 Å². The Hall–Kier alpha value is -2.23. The van der Waals surface area contributed by atoms with Crippen LogP contribution in [0.3, 0.4) is 0 Å². The molecule has 1 aliphatic rings. The van der Waals surface area contributed by atoms with Gasteiger partial charge in [-0.25, -0.2) is 17.9 Å². The van der Waals surface area contributed by atoms with Crippen LogP contribution in [0.4, 0.5) is 0 Å². The molecule has 4 rings (SSSR count). The van der Waals surface area contributed by atoms with Crippen molar-refractivity contribution in [3.05, 3.63) is 80.9 Å². The molecule has 0 amide bonds. The van der Waals surface area contributed by atoms with Gasteiger partial charge in [-0.2, -0.15) is 9.40 Å². The van der Waals surface area contributed by atoms with Crippen LogP contribution >= 0.6 is 15.9 Å². The molecule has 0 unspecified atom stereocenters. The normalized spacial score (nSPS) is 15.9. The molecule has 0 bridgehead atoms. The van der Waals surface area contributed by atoms with Crippen LogP contribution in [0.5, 0.6) is 0 Å². The van der Waals surface area contributed by atoms with Crippen LogP contribution in [0, 0.1) is 0 Å². The molecular weight excluding hydrogens is 480 g/mol. The highest BCUT2D eigenvalue weighted by atomic mass is 79.9. The second-order valence-corrected chi connectivity index (χ2v) is 10.5. The van der Waals surface area contributed by atoms with E-state index in [1.807, 2.05) is 37.3 Å². The van der Waals surface area contributed by atoms with Gasteiger partial charge in [-0.05, 0) is 49.6 Å². The summed E-state index contributed by atoms with van der Waals surface area (Å²) in [5, 5.41) is 4.65. The first-order chi connectivity index (χ1) is 14.9. The molecule has 1 aliphatic heterocycles. The molecule has 0 N–H and O–H groups in total. The maximum atomic E-state index is 13.0. The topological polar surface area (TPSA) is 77.2 Å². The minimum absolute atomic E-state index is 0.0565. The Bertz CT molecular complexity index is 1200. The van der Waals surface area contributed by atoms with E-state index in [0.29, 0.717) is 43.9 Å². The van der Waals surface area contributed by atoms with Crippen LogP contribution in [-0.2, 0) is 23.1 Å². The largest absolute Gasteiger partial charge is 0.346 e. The van der Waals surface area contributed by atoms with Gasteiger partial charge in [0.2, 0.25) is 10.0 Å². The van der Waals surface area contributed by atoms with Gasteiger partial charge in [0.05, 0.1) is 11.4 Å². The molecular formula is C22H25BrN4O3S. The van der Waals surface area contributed by atoms with Crippen molar-refractivity contribution in [3.63, 3.8) is 0 Å². The molecule has 0 radical (unpaired) electrons. The summed E-state index contributed by atoms with van der Waals surface area (Å²) in [7, 11) is -3.53. The fraction of sp³-hybridized carbons (Fsp3) is 0.364. The maximum Gasteiger partial charge on any atom is 0.346 e. The van der Waals surface area contributed by atoms with Crippen molar-refractivity contribution >= 4 is 26.0 Å². The Balaban J connectivity index is 1.51. The lowest BCUT2D eigenvalue weighted by Crippen LogP contribution is -2.38. The Labute approximate surface area is 190 Å². The van der Waals surface area contributed by atoms with E-state index in [9.17, 15) is 13.2 Å². The molecule has 9 heteroatoms.